The first-order valence-electron chi connectivity index (χ1n) is 4.00. The minimum absolute atomic E-state index is 0.547. The van der Waals surface area contributed by atoms with E-state index >= 15 is 0 Å². The topological polar surface area (TPSA) is 61.9 Å². The van der Waals surface area contributed by atoms with E-state index in [1.54, 1.807) is 11.8 Å². The molecule has 0 aliphatic carbocycles. The summed E-state index contributed by atoms with van der Waals surface area (Å²) in [5, 5.41) is 11.8. The van der Waals surface area contributed by atoms with Gasteiger partial charge >= 0.3 is 0 Å². The Balaban J connectivity index is 2.02. The summed E-state index contributed by atoms with van der Waals surface area (Å²) in [5.41, 5.74) is 1.64. The van der Waals surface area contributed by atoms with Gasteiger partial charge in [0.15, 0.2) is 5.82 Å². The quantitative estimate of drug-likeness (QED) is 0.834. The van der Waals surface area contributed by atoms with Crippen LogP contribution in [0.4, 0.5) is 5.82 Å². The van der Waals surface area contributed by atoms with Gasteiger partial charge in [-0.25, -0.2) is 4.98 Å². The summed E-state index contributed by atoms with van der Waals surface area (Å²) in [6.45, 7) is 0.547. The molecule has 0 aliphatic heterocycles. The third kappa shape index (κ3) is 1.75. The average Bonchev–Trinajstić information content (AvgIpc) is 2.85. The molecule has 0 radical (unpaired) electrons. The lowest BCUT2D eigenvalue weighted by Gasteiger charge is -1.99. The average molecular weight is 205 g/mol. The van der Waals surface area contributed by atoms with Crippen molar-refractivity contribution in [1.29, 1.82) is 5.26 Å². The highest BCUT2D eigenvalue weighted by Crippen LogP contribution is 2.17. The van der Waals surface area contributed by atoms with Crippen molar-refractivity contribution in [2.75, 3.05) is 5.32 Å². The minimum Gasteiger partial charge on any atom is -0.467 e. The molecule has 0 aromatic carbocycles. The second-order valence-corrected chi connectivity index (χ2v) is 3.43. The van der Waals surface area contributed by atoms with Gasteiger partial charge in [0.25, 0.3) is 0 Å². The SMILES string of the molecule is N#Cc1scnc1NCc1ccco1. The van der Waals surface area contributed by atoms with E-state index < -0.39 is 0 Å². The predicted octanol–water partition coefficient (Wildman–Crippen LogP) is 2.22. The fraction of sp³-hybridized carbons (Fsp3) is 0.111. The number of hydrogen-bond donors (Lipinski definition) is 1. The number of hydrogen-bond acceptors (Lipinski definition) is 5. The van der Waals surface area contributed by atoms with E-state index in [0.29, 0.717) is 17.2 Å². The highest BCUT2D eigenvalue weighted by Gasteiger charge is 2.04. The molecule has 4 nitrogen and oxygen atoms in total. The number of aromatic nitrogens is 1. The zero-order chi connectivity index (χ0) is 9.80. The van der Waals surface area contributed by atoms with Crippen molar-refractivity contribution < 1.29 is 4.42 Å². The second kappa shape index (κ2) is 3.94. The molecule has 14 heavy (non-hydrogen) atoms. The van der Waals surface area contributed by atoms with Crippen LogP contribution in [-0.4, -0.2) is 4.98 Å². The molecular weight excluding hydrogens is 198 g/mol. The summed E-state index contributed by atoms with van der Waals surface area (Å²) < 4.78 is 5.14. The number of nitrogens with one attached hydrogen (secondary N) is 1. The molecular formula is C9H7N3OS. The number of nitriles is 1. The molecule has 0 fully saturated rings. The van der Waals surface area contributed by atoms with Crippen LogP contribution in [0.15, 0.2) is 28.3 Å². The van der Waals surface area contributed by atoms with Crippen molar-refractivity contribution in [2.24, 2.45) is 0 Å². The Morgan fingerprint density at radius 2 is 2.57 bits per heavy atom. The molecule has 0 saturated carbocycles. The molecule has 0 atom stereocenters. The molecule has 2 heterocycles. The van der Waals surface area contributed by atoms with Crippen molar-refractivity contribution in [2.45, 2.75) is 6.54 Å². The van der Waals surface area contributed by atoms with E-state index in [0.717, 1.165) is 5.76 Å². The lowest BCUT2D eigenvalue weighted by molar-refractivity contribution is 0.518. The van der Waals surface area contributed by atoms with Gasteiger partial charge in [-0.2, -0.15) is 5.26 Å². The molecule has 5 heteroatoms. The zero-order valence-corrected chi connectivity index (χ0v) is 8.04. The summed E-state index contributed by atoms with van der Waals surface area (Å²) in [4.78, 5) is 4.62. The molecule has 0 spiro atoms. The van der Waals surface area contributed by atoms with Gasteiger partial charge in [-0.1, -0.05) is 0 Å². The van der Waals surface area contributed by atoms with Crippen molar-refractivity contribution in [1.82, 2.24) is 4.98 Å². The van der Waals surface area contributed by atoms with Crippen molar-refractivity contribution in [3.8, 4) is 6.07 Å². The molecule has 0 amide bonds. The van der Waals surface area contributed by atoms with Gasteiger partial charge in [0.1, 0.15) is 16.7 Å². The van der Waals surface area contributed by atoms with Crippen molar-refractivity contribution >= 4 is 17.2 Å². The van der Waals surface area contributed by atoms with Crippen LogP contribution in [-0.2, 0) is 6.54 Å². The summed E-state index contributed by atoms with van der Waals surface area (Å²) in [6.07, 6.45) is 1.61. The van der Waals surface area contributed by atoms with Crippen LogP contribution >= 0.6 is 11.3 Å². The van der Waals surface area contributed by atoms with Gasteiger partial charge in [0.2, 0.25) is 0 Å². The molecule has 70 valence electrons. The Hall–Kier alpha value is -1.80. The van der Waals surface area contributed by atoms with Gasteiger partial charge in [-0.05, 0) is 12.1 Å². The van der Waals surface area contributed by atoms with E-state index in [1.807, 2.05) is 12.1 Å². The van der Waals surface area contributed by atoms with Gasteiger partial charge in [0, 0.05) is 0 Å². The Morgan fingerprint density at radius 3 is 3.29 bits per heavy atom. The van der Waals surface area contributed by atoms with E-state index in [2.05, 4.69) is 16.4 Å². The molecule has 2 aromatic heterocycles. The number of anilines is 1. The van der Waals surface area contributed by atoms with Crippen LogP contribution in [0, 0.1) is 11.3 Å². The third-order valence-electron chi connectivity index (χ3n) is 1.68. The minimum atomic E-state index is 0.547. The second-order valence-electron chi connectivity index (χ2n) is 2.57. The maximum absolute atomic E-state index is 8.72. The fourth-order valence-electron chi connectivity index (χ4n) is 1.04. The molecule has 0 bridgehead atoms. The van der Waals surface area contributed by atoms with Crippen LogP contribution in [0.1, 0.15) is 10.6 Å². The van der Waals surface area contributed by atoms with E-state index in [9.17, 15) is 0 Å². The van der Waals surface area contributed by atoms with Crippen molar-refractivity contribution in [3.05, 3.63) is 34.5 Å². The first-order chi connectivity index (χ1) is 6.90. The van der Waals surface area contributed by atoms with Gasteiger partial charge < -0.3 is 9.73 Å². The van der Waals surface area contributed by atoms with Crippen LogP contribution in [0.25, 0.3) is 0 Å². The normalized spacial score (nSPS) is 9.64. The zero-order valence-electron chi connectivity index (χ0n) is 7.23. The highest BCUT2D eigenvalue weighted by atomic mass is 32.1. The van der Waals surface area contributed by atoms with Gasteiger partial charge in [-0.15, -0.1) is 11.3 Å². The summed E-state index contributed by atoms with van der Waals surface area (Å²) in [6, 6.07) is 5.76. The summed E-state index contributed by atoms with van der Waals surface area (Å²) in [5.74, 6) is 1.44. The number of nitrogens with zero attached hydrogens (tertiary/aromatic N) is 2. The van der Waals surface area contributed by atoms with E-state index in [-0.39, 0.29) is 0 Å². The molecule has 0 unspecified atom stereocenters. The Morgan fingerprint density at radius 1 is 1.64 bits per heavy atom. The number of rotatable bonds is 3. The van der Waals surface area contributed by atoms with E-state index in [4.69, 9.17) is 9.68 Å². The maximum atomic E-state index is 8.72. The Labute approximate surface area is 84.8 Å². The molecule has 2 aromatic rings. The Bertz CT molecular complexity index is 441. The predicted molar refractivity (Wildman–Crippen MR) is 52.9 cm³/mol. The van der Waals surface area contributed by atoms with Crippen LogP contribution in [0.5, 0.6) is 0 Å². The third-order valence-corrected chi connectivity index (χ3v) is 2.41. The van der Waals surface area contributed by atoms with Gasteiger partial charge in [-0.3, -0.25) is 0 Å². The largest absolute Gasteiger partial charge is 0.467 e. The first kappa shape index (κ1) is 8.78. The lowest BCUT2D eigenvalue weighted by Crippen LogP contribution is -1.99. The molecule has 0 saturated heterocycles. The Kier molecular flexibility index (Phi) is 2.47. The van der Waals surface area contributed by atoms with Crippen LogP contribution < -0.4 is 5.32 Å². The fourth-order valence-corrected chi connectivity index (χ4v) is 1.59. The summed E-state index contributed by atoms with van der Waals surface area (Å²) in [7, 11) is 0. The molecule has 0 aliphatic rings. The lowest BCUT2D eigenvalue weighted by atomic mass is 10.4. The first-order valence-corrected chi connectivity index (χ1v) is 4.88. The molecule has 2 rings (SSSR count). The van der Waals surface area contributed by atoms with E-state index in [1.165, 1.54) is 11.3 Å². The monoisotopic (exact) mass is 205 g/mol. The van der Waals surface area contributed by atoms with Crippen LogP contribution in [0.2, 0.25) is 0 Å². The number of thiazole rings is 1. The van der Waals surface area contributed by atoms with Gasteiger partial charge in [0.05, 0.1) is 18.3 Å². The molecule has 1 N–H and O–H groups in total. The van der Waals surface area contributed by atoms with Crippen molar-refractivity contribution in [3.63, 3.8) is 0 Å². The number of furan rings is 1. The summed E-state index contributed by atoms with van der Waals surface area (Å²) >= 11 is 1.32. The standard InChI is InChI=1S/C9H7N3OS/c10-4-8-9(12-6-14-8)11-5-7-2-1-3-13-7/h1-3,6,11H,5H2. The smallest absolute Gasteiger partial charge is 0.155 e. The highest BCUT2D eigenvalue weighted by molar-refractivity contribution is 7.10. The van der Waals surface area contributed by atoms with Crippen LogP contribution in [0.3, 0.4) is 0 Å². The maximum Gasteiger partial charge on any atom is 0.155 e.